The molecule has 0 aliphatic heterocycles. The van der Waals surface area contributed by atoms with Crippen LogP contribution in [0.25, 0.3) is 0 Å². The number of nitrogens with one attached hydrogen (secondary N) is 1. The first kappa shape index (κ1) is 17.5. The Morgan fingerprint density at radius 3 is 2.65 bits per heavy atom. The zero-order valence-corrected chi connectivity index (χ0v) is 14.1. The molecule has 1 heterocycles. The molecular formula is C19H18FN3O3. The number of carbonyl (C=O) groups is 1. The van der Waals surface area contributed by atoms with Crippen LogP contribution in [-0.2, 0) is 11.8 Å². The Kier molecular flexibility index (Phi) is 5.17. The van der Waals surface area contributed by atoms with Crippen LogP contribution in [0.15, 0.2) is 60.9 Å². The average Bonchev–Trinajstić information content (AvgIpc) is 3.05. The first-order chi connectivity index (χ1) is 12.5. The van der Waals surface area contributed by atoms with Crippen LogP contribution in [0.5, 0.6) is 11.5 Å². The highest BCUT2D eigenvalue weighted by atomic mass is 19.1. The molecule has 7 heteroatoms. The van der Waals surface area contributed by atoms with Crippen LogP contribution in [0.1, 0.15) is 17.4 Å². The minimum absolute atomic E-state index is 0.0421. The lowest BCUT2D eigenvalue weighted by atomic mass is 10.1. The molecule has 3 rings (SSSR count). The van der Waals surface area contributed by atoms with Crippen molar-refractivity contribution in [2.45, 2.75) is 6.04 Å². The number of nitrogens with zero attached hydrogens (tertiary/aromatic N) is 2. The van der Waals surface area contributed by atoms with Crippen molar-refractivity contribution in [2.75, 3.05) is 6.61 Å². The van der Waals surface area contributed by atoms with Crippen molar-refractivity contribution in [3.8, 4) is 11.5 Å². The first-order valence-corrected chi connectivity index (χ1v) is 7.97. The molecule has 1 atom stereocenters. The maximum atomic E-state index is 13.2. The summed E-state index contributed by atoms with van der Waals surface area (Å²) in [4.78, 5) is 16.6. The highest BCUT2D eigenvalue weighted by Gasteiger charge is 2.21. The van der Waals surface area contributed by atoms with E-state index in [2.05, 4.69) is 10.3 Å². The van der Waals surface area contributed by atoms with E-state index in [-0.39, 0.29) is 23.9 Å². The average molecular weight is 355 g/mol. The number of ether oxygens (including phenoxy) is 1. The number of amides is 1. The molecule has 1 unspecified atom stereocenters. The van der Waals surface area contributed by atoms with Crippen LogP contribution in [0.2, 0.25) is 0 Å². The predicted octanol–water partition coefficient (Wildman–Crippen LogP) is 2.55. The number of aryl methyl sites for hydroxylation is 1. The zero-order chi connectivity index (χ0) is 18.5. The van der Waals surface area contributed by atoms with Gasteiger partial charge >= 0.3 is 0 Å². The molecule has 3 aromatic rings. The quantitative estimate of drug-likeness (QED) is 0.712. The number of para-hydroxylation sites is 2. The highest BCUT2D eigenvalue weighted by Crippen LogP contribution is 2.24. The van der Waals surface area contributed by atoms with Gasteiger partial charge in [0.15, 0.2) is 18.1 Å². The van der Waals surface area contributed by atoms with Crippen molar-refractivity contribution in [2.24, 2.45) is 7.05 Å². The molecule has 1 amide bonds. The van der Waals surface area contributed by atoms with Gasteiger partial charge in [0.1, 0.15) is 17.7 Å². The zero-order valence-electron chi connectivity index (χ0n) is 14.1. The van der Waals surface area contributed by atoms with Crippen LogP contribution in [0.4, 0.5) is 4.39 Å². The summed E-state index contributed by atoms with van der Waals surface area (Å²) in [6, 6.07) is 11.7. The molecule has 0 bridgehead atoms. The number of rotatable bonds is 6. The van der Waals surface area contributed by atoms with Gasteiger partial charge in [-0.05, 0) is 29.8 Å². The standard InChI is InChI=1S/C19H18FN3O3/c1-23-11-10-21-19(23)18(13-6-8-14(20)9-7-13)22-17(25)12-26-16-5-3-2-4-15(16)24/h2-11,18,24H,12H2,1H3,(H,22,25). The fraction of sp³-hybridized carbons (Fsp3) is 0.158. The first-order valence-electron chi connectivity index (χ1n) is 7.97. The summed E-state index contributed by atoms with van der Waals surface area (Å²) in [5.41, 5.74) is 0.691. The number of aromatic hydroxyl groups is 1. The van der Waals surface area contributed by atoms with Gasteiger partial charge < -0.3 is 19.7 Å². The Bertz CT molecular complexity index is 893. The van der Waals surface area contributed by atoms with Gasteiger partial charge in [-0.15, -0.1) is 0 Å². The van der Waals surface area contributed by atoms with Gasteiger partial charge in [0.2, 0.25) is 0 Å². The Labute approximate surface area is 149 Å². The Morgan fingerprint density at radius 2 is 2.00 bits per heavy atom. The van der Waals surface area contributed by atoms with Gasteiger partial charge in [-0.2, -0.15) is 0 Å². The normalized spacial score (nSPS) is 11.8. The fourth-order valence-electron chi connectivity index (χ4n) is 2.53. The van der Waals surface area contributed by atoms with Crippen LogP contribution >= 0.6 is 0 Å². The summed E-state index contributed by atoms with van der Waals surface area (Å²) in [5.74, 6) is 0.0251. The van der Waals surface area contributed by atoms with Crippen molar-refractivity contribution in [3.63, 3.8) is 0 Å². The van der Waals surface area contributed by atoms with Crippen molar-refractivity contribution >= 4 is 5.91 Å². The minimum atomic E-state index is -0.559. The summed E-state index contributed by atoms with van der Waals surface area (Å²) in [6.07, 6.45) is 3.38. The van der Waals surface area contributed by atoms with Gasteiger partial charge in [0.25, 0.3) is 5.91 Å². The molecule has 0 radical (unpaired) electrons. The molecule has 0 aliphatic carbocycles. The maximum Gasteiger partial charge on any atom is 0.258 e. The second-order valence-corrected chi connectivity index (χ2v) is 5.70. The van der Waals surface area contributed by atoms with E-state index in [1.807, 2.05) is 7.05 Å². The van der Waals surface area contributed by atoms with Crippen molar-refractivity contribution in [1.82, 2.24) is 14.9 Å². The summed E-state index contributed by atoms with van der Waals surface area (Å²) >= 11 is 0. The third kappa shape index (κ3) is 4.00. The molecule has 134 valence electrons. The highest BCUT2D eigenvalue weighted by molar-refractivity contribution is 5.78. The third-order valence-corrected chi connectivity index (χ3v) is 3.85. The summed E-state index contributed by atoms with van der Waals surface area (Å²) in [7, 11) is 1.81. The number of phenolic OH excluding ortho intramolecular Hbond substituents is 1. The molecule has 26 heavy (non-hydrogen) atoms. The second kappa shape index (κ2) is 7.69. The lowest BCUT2D eigenvalue weighted by Gasteiger charge is -2.19. The Hall–Kier alpha value is -3.35. The van der Waals surface area contributed by atoms with E-state index in [4.69, 9.17) is 4.74 Å². The second-order valence-electron chi connectivity index (χ2n) is 5.70. The number of halogens is 1. The lowest BCUT2D eigenvalue weighted by molar-refractivity contribution is -0.123. The Morgan fingerprint density at radius 1 is 1.27 bits per heavy atom. The fourth-order valence-corrected chi connectivity index (χ4v) is 2.53. The molecule has 1 aromatic heterocycles. The molecule has 6 nitrogen and oxygen atoms in total. The van der Waals surface area contributed by atoms with Crippen LogP contribution in [-0.4, -0.2) is 27.2 Å². The van der Waals surface area contributed by atoms with Gasteiger partial charge in [0.05, 0.1) is 0 Å². The smallest absolute Gasteiger partial charge is 0.258 e. The van der Waals surface area contributed by atoms with E-state index in [0.717, 1.165) is 0 Å². The van der Waals surface area contributed by atoms with Gasteiger partial charge in [-0.1, -0.05) is 24.3 Å². The minimum Gasteiger partial charge on any atom is -0.504 e. The van der Waals surface area contributed by atoms with Crippen LogP contribution in [0.3, 0.4) is 0 Å². The Balaban J connectivity index is 1.75. The molecule has 0 spiro atoms. The van der Waals surface area contributed by atoms with E-state index < -0.39 is 11.9 Å². The number of carbonyl (C=O) groups excluding carboxylic acids is 1. The maximum absolute atomic E-state index is 13.2. The topological polar surface area (TPSA) is 76.4 Å². The largest absolute Gasteiger partial charge is 0.504 e. The van der Waals surface area contributed by atoms with Crippen molar-refractivity contribution in [3.05, 3.63) is 78.1 Å². The van der Waals surface area contributed by atoms with Crippen LogP contribution < -0.4 is 10.1 Å². The monoisotopic (exact) mass is 355 g/mol. The van der Waals surface area contributed by atoms with E-state index in [9.17, 15) is 14.3 Å². The van der Waals surface area contributed by atoms with Gasteiger partial charge in [-0.3, -0.25) is 4.79 Å². The molecule has 0 saturated carbocycles. The number of phenols is 1. The third-order valence-electron chi connectivity index (χ3n) is 3.85. The van der Waals surface area contributed by atoms with E-state index >= 15 is 0 Å². The summed E-state index contributed by atoms with van der Waals surface area (Å²) in [6.45, 7) is -0.278. The number of benzene rings is 2. The lowest BCUT2D eigenvalue weighted by Crippen LogP contribution is -2.34. The van der Waals surface area contributed by atoms with Gasteiger partial charge in [-0.25, -0.2) is 9.37 Å². The SMILES string of the molecule is Cn1ccnc1C(NC(=O)COc1ccccc1O)c1ccc(F)cc1. The molecule has 2 N–H and O–H groups in total. The molecule has 0 aliphatic rings. The molecule has 0 saturated heterocycles. The number of hydrogen-bond donors (Lipinski definition) is 2. The van der Waals surface area contributed by atoms with Crippen molar-refractivity contribution < 1.29 is 19.0 Å². The number of hydrogen-bond acceptors (Lipinski definition) is 4. The summed E-state index contributed by atoms with van der Waals surface area (Å²) < 4.78 is 20.4. The molecular weight excluding hydrogens is 337 g/mol. The van der Waals surface area contributed by atoms with Crippen LogP contribution in [0, 0.1) is 5.82 Å². The van der Waals surface area contributed by atoms with Crippen molar-refractivity contribution in [1.29, 1.82) is 0 Å². The predicted molar refractivity (Wildman–Crippen MR) is 93.2 cm³/mol. The van der Waals surface area contributed by atoms with E-state index in [1.165, 1.54) is 18.2 Å². The number of imidazole rings is 1. The van der Waals surface area contributed by atoms with E-state index in [1.54, 1.807) is 47.3 Å². The molecule has 2 aromatic carbocycles. The van der Waals surface area contributed by atoms with Gasteiger partial charge in [0, 0.05) is 19.4 Å². The summed E-state index contributed by atoms with van der Waals surface area (Å²) in [5, 5.41) is 12.5. The number of aromatic nitrogens is 2. The van der Waals surface area contributed by atoms with E-state index in [0.29, 0.717) is 11.4 Å². The molecule has 0 fully saturated rings.